The maximum Gasteiger partial charge on any atom is 0.0825 e. The minimum atomic E-state index is 0.0125. The second kappa shape index (κ2) is 8.93. The topological polar surface area (TPSA) is 21.3 Å². The summed E-state index contributed by atoms with van der Waals surface area (Å²) in [5.41, 5.74) is 0.0125. The SMILES string of the molecule is CCNC(CC(CC)CC)C(CC)(CC)OC. The van der Waals surface area contributed by atoms with Gasteiger partial charge in [0.05, 0.1) is 5.60 Å². The van der Waals surface area contributed by atoms with Gasteiger partial charge < -0.3 is 10.1 Å². The molecule has 0 aliphatic carbocycles. The predicted molar refractivity (Wildman–Crippen MR) is 76.5 cm³/mol. The van der Waals surface area contributed by atoms with Crippen LogP contribution in [0.4, 0.5) is 0 Å². The molecule has 0 radical (unpaired) electrons. The molecule has 1 N–H and O–H groups in total. The van der Waals surface area contributed by atoms with Crippen LogP contribution in [0.15, 0.2) is 0 Å². The summed E-state index contributed by atoms with van der Waals surface area (Å²) in [5.74, 6) is 0.812. The predicted octanol–water partition coefficient (Wildman–Crippen LogP) is 4.00. The van der Waals surface area contributed by atoms with Crippen molar-refractivity contribution in [2.24, 2.45) is 5.92 Å². The molecule has 2 heteroatoms. The van der Waals surface area contributed by atoms with Gasteiger partial charge in [-0.1, -0.05) is 47.5 Å². The average molecular weight is 243 g/mol. The Balaban J connectivity index is 4.78. The quantitative estimate of drug-likeness (QED) is 0.626. The van der Waals surface area contributed by atoms with Gasteiger partial charge in [0, 0.05) is 13.2 Å². The minimum Gasteiger partial charge on any atom is -0.377 e. The second-order valence-electron chi connectivity index (χ2n) is 5.00. The molecule has 2 nitrogen and oxygen atoms in total. The Labute approximate surface area is 109 Å². The molecule has 1 atom stereocenters. The van der Waals surface area contributed by atoms with Crippen molar-refractivity contribution in [1.29, 1.82) is 0 Å². The first kappa shape index (κ1) is 16.9. The van der Waals surface area contributed by atoms with Crippen LogP contribution in [-0.4, -0.2) is 25.3 Å². The van der Waals surface area contributed by atoms with E-state index in [1.165, 1.54) is 19.3 Å². The van der Waals surface area contributed by atoms with Gasteiger partial charge in [-0.3, -0.25) is 0 Å². The number of methoxy groups -OCH3 is 1. The van der Waals surface area contributed by atoms with Crippen LogP contribution < -0.4 is 5.32 Å². The third-order valence-corrected chi connectivity index (χ3v) is 4.41. The smallest absolute Gasteiger partial charge is 0.0825 e. The van der Waals surface area contributed by atoms with Gasteiger partial charge >= 0.3 is 0 Å². The second-order valence-corrected chi connectivity index (χ2v) is 5.00. The van der Waals surface area contributed by atoms with Gasteiger partial charge in [0.15, 0.2) is 0 Å². The summed E-state index contributed by atoms with van der Waals surface area (Å²) in [5, 5.41) is 3.65. The lowest BCUT2D eigenvalue weighted by molar-refractivity contribution is -0.0529. The van der Waals surface area contributed by atoms with Crippen molar-refractivity contribution < 1.29 is 4.74 Å². The normalized spacial score (nSPS) is 14.3. The number of hydrogen-bond acceptors (Lipinski definition) is 2. The Kier molecular flexibility index (Phi) is 8.89. The summed E-state index contributed by atoms with van der Waals surface area (Å²) in [6.07, 6.45) is 5.93. The molecular formula is C15H33NO. The van der Waals surface area contributed by atoms with Crippen LogP contribution in [0.2, 0.25) is 0 Å². The molecule has 0 spiro atoms. The van der Waals surface area contributed by atoms with Crippen LogP contribution in [0.25, 0.3) is 0 Å². The van der Waals surface area contributed by atoms with E-state index in [2.05, 4.69) is 39.9 Å². The molecule has 0 bridgehead atoms. The minimum absolute atomic E-state index is 0.0125. The van der Waals surface area contributed by atoms with Crippen molar-refractivity contribution in [1.82, 2.24) is 5.32 Å². The number of hydrogen-bond donors (Lipinski definition) is 1. The summed E-state index contributed by atoms with van der Waals surface area (Å²) >= 11 is 0. The van der Waals surface area contributed by atoms with E-state index in [1.807, 2.05) is 7.11 Å². The molecule has 0 aromatic rings. The molecule has 0 amide bonds. The van der Waals surface area contributed by atoms with Crippen molar-refractivity contribution in [2.45, 2.75) is 78.4 Å². The molecule has 0 aromatic carbocycles. The molecule has 0 heterocycles. The number of likely N-dealkylation sites (N-methyl/N-ethyl adjacent to an activating group) is 1. The molecule has 0 aliphatic heterocycles. The molecule has 17 heavy (non-hydrogen) atoms. The van der Waals surface area contributed by atoms with Gasteiger partial charge in [-0.15, -0.1) is 0 Å². The molecule has 0 saturated carbocycles. The monoisotopic (exact) mass is 243 g/mol. The summed E-state index contributed by atoms with van der Waals surface area (Å²) in [6, 6.07) is 0.484. The Morgan fingerprint density at radius 3 is 1.82 bits per heavy atom. The number of rotatable bonds is 10. The van der Waals surface area contributed by atoms with E-state index in [9.17, 15) is 0 Å². The van der Waals surface area contributed by atoms with E-state index in [1.54, 1.807) is 0 Å². The van der Waals surface area contributed by atoms with Crippen LogP contribution in [0.5, 0.6) is 0 Å². The fourth-order valence-corrected chi connectivity index (χ4v) is 2.86. The zero-order valence-corrected chi connectivity index (χ0v) is 12.8. The number of nitrogens with one attached hydrogen (secondary N) is 1. The third kappa shape index (κ3) is 4.59. The van der Waals surface area contributed by atoms with E-state index >= 15 is 0 Å². The van der Waals surface area contributed by atoms with Gasteiger partial charge in [-0.25, -0.2) is 0 Å². The fourth-order valence-electron chi connectivity index (χ4n) is 2.86. The molecule has 104 valence electrons. The largest absolute Gasteiger partial charge is 0.377 e. The third-order valence-electron chi connectivity index (χ3n) is 4.41. The molecule has 1 unspecified atom stereocenters. The lowest BCUT2D eigenvalue weighted by Gasteiger charge is -2.40. The number of ether oxygens (including phenoxy) is 1. The van der Waals surface area contributed by atoms with Crippen molar-refractivity contribution in [2.75, 3.05) is 13.7 Å². The summed E-state index contributed by atoms with van der Waals surface area (Å²) < 4.78 is 5.88. The van der Waals surface area contributed by atoms with Crippen molar-refractivity contribution >= 4 is 0 Å². The molecular weight excluding hydrogens is 210 g/mol. The van der Waals surface area contributed by atoms with Crippen molar-refractivity contribution in [3.05, 3.63) is 0 Å². The first-order valence-electron chi connectivity index (χ1n) is 7.42. The lowest BCUT2D eigenvalue weighted by atomic mass is 9.81. The van der Waals surface area contributed by atoms with Crippen molar-refractivity contribution in [3.63, 3.8) is 0 Å². The van der Waals surface area contributed by atoms with Crippen molar-refractivity contribution in [3.8, 4) is 0 Å². The zero-order valence-electron chi connectivity index (χ0n) is 12.8. The van der Waals surface area contributed by atoms with E-state index in [4.69, 9.17) is 4.74 Å². The van der Waals surface area contributed by atoms with E-state index in [0.29, 0.717) is 6.04 Å². The Hall–Kier alpha value is -0.0800. The van der Waals surface area contributed by atoms with Crippen LogP contribution >= 0.6 is 0 Å². The Bertz CT molecular complexity index is 165. The maximum atomic E-state index is 5.88. The van der Waals surface area contributed by atoms with Crippen LogP contribution in [0.3, 0.4) is 0 Å². The van der Waals surface area contributed by atoms with Crippen LogP contribution in [0.1, 0.15) is 66.7 Å². The van der Waals surface area contributed by atoms with Gasteiger partial charge in [-0.05, 0) is 31.7 Å². The van der Waals surface area contributed by atoms with Gasteiger partial charge in [-0.2, -0.15) is 0 Å². The molecule has 0 aliphatic rings. The highest BCUT2D eigenvalue weighted by atomic mass is 16.5. The van der Waals surface area contributed by atoms with Crippen LogP contribution in [-0.2, 0) is 4.74 Å². The highest BCUT2D eigenvalue weighted by molar-refractivity contribution is 4.92. The van der Waals surface area contributed by atoms with Gasteiger partial charge in [0.2, 0.25) is 0 Å². The van der Waals surface area contributed by atoms with Crippen LogP contribution in [0, 0.1) is 5.92 Å². The molecule has 0 aromatic heterocycles. The standard InChI is InChI=1S/C15H33NO/c1-7-13(8-2)12-14(16-11-5)15(9-3,10-4)17-6/h13-14,16H,7-12H2,1-6H3. The molecule has 0 saturated heterocycles. The van der Waals surface area contributed by atoms with Gasteiger partial charge in [0.1, 0.15) is 0 Å². The highest BCUT2D eigenvalue weighted by Crippen LogP contribution is 2.29. The first-order chi connectivity index (χ1) is 8.13. The van der Waals surface area contributed by atoms with E-state index in [0.717, 1.165) is 25.3 Å². The lowest BCUT2D eigenvalue weighted by Crippen LogP contribution is -2.52. The first-order valence-corrected chi connectivity index (χ1v) is 7.42. The molecule has 0 fully saturated rings. The Morgan fingerprint density at radius 1 is 1.00 bits per heavy atom. The van der Waals surface area contributed by atoms with Gasteiger partial charge in [0.25, 0.3) is 0 Å². The summed E-state index contributed by atoms with van der Waals surface area (Å²) in [7, 11) is 1.87. The maximum absolute atomic E-state index is 5.88. The summed E-state index contributed by atoms with van der Waals surface area (Å²) in [6.45, 7) is 12.3. The van der Waals surface area contributed by atoms with E-state index < -0.39 is 0 Å². The Morgan fingerprint density at radius 2 is 1.53 bits per heavy atom. The zero-order chi connectivity index (χ0) is 13.3. The van der Waals surface area contributed by atoms with E-state index in [-0.39, 0.29) is 5.60 Å². The fraction of sp³-hybridized carbons (Fsp3) is 1.00. The summed E-state index contributed by atoms with van der Waals surface area (Å²) in [4.78, 5) is 0. The average Bonchev–Trinajstić information content (AvgIpc) is 2.38. The highest BCUT2D eigenvalue weighted by Gasteiger charge is 2.35. The molecule has 0 rings (SSSR count).